The lowest BCUT2D eigenvalue weighted by molar-refractivity contribution is -0.280. The van der Waals surface area contributed by atoms with E-state index >= 15 is 0 Å². The molecule has 0 bridgehead atoms. The maximum absolute atomic E-state index is 12.5. The van der Waals surface area contributed by atoms with Gasteiger partial charge in [-0.3, -0.25) is 14.2 Å². The molecule has 2 aromatic heterocycles. The first-order valence-corrected chi connectivity index (χ1v) is 9.95. The fraction of sp³-hybridized carbons (Fsp3) is 0.167. The number of furan rings is 1. The van der Waals surface area contributed by atoms with Crippen molar-refractivity contribution in [1.29, 1.82) is 5.26 Å². The van der Waals surface area contributed by atoms with Gasteiger partial charge < -0.3 is 14.1 Å². The second-order valence-corrected chi connectivity index (χ2v) is 6.71. The molecule has 0 saturated carbocycles. The predicted octanol–water partition coefficient (Wildman–Crippen LogP) is 2.77. The highest BCUT2D eigenvalue weighted by atomic mass is 16.3. The van der Waals surface area contributed by atoms with Gasteiger partial charge in [0.05, 0.1) is 0 Å². The quantitative estimate of drug-likeness (QED) is 0.246. The van der Waals surface area contributed by atoms with Crippen molar-refractivity contribution in [3.05, 3.63) is 92.4 Å². The third kappa shape index (κ3) is 4.23. The Kier molecular flexibility index (Phi) is 6.71. The molecule has 3 aromatic rings. The maximum Gasteiger partial charge on any atom is 0.330 e. The molecule has 3 rings (SSSR count). The SMILES string of the molecule is CCn1c([O-])c(/C=C/C=C/C=C(\C#N)C(=O)c2cc3ccccc3o2)c(=O)n(CC)c1=O. The van der Waals surface area contributed by atoms with E-state index in [9.17, 15) is 24.8 Å². The summed E-state index contributed by atoms with van der Waals surface area (Å²) in [6.07, 6.45) is 6.96. The molecule has 0 aliphatic carbocycles. The molecule has 8 heteroatoms. The number of nitriles is 1. The fourth-order valence-corrected chi connectivity index (χ4v) is 3.16. The smallest absolute Gasteiger partial charge is 0.330 e. The van der Waals surface area contributed by atoms with Crippen LogP contribution in [0.1, 0.15) is 30.0 Å². The fourth-order valence-electron chi connectivity index (χ4n) is 3.16. The van der Waals surface area contributed by atoms with Crippen molar-refractivity contribution in [3.8, 4) is 11.9 Å². The first-order valence-electron chi connectivity index (χ1n) is 9.95. The molecule has 162 valence electrons. The molecule has 1 aromatic carbocycles. The number of fused-ring (bicyclic) bond motifs is 1. The lowest BCUT2D eigenvalue weighted by Crippen LogP contribution is -2.41. The number of ketones is 1. The molecular formula is C24H20N3O5-. The van der Waals surface area contributed by atoms with Crippen LogP contribution in [0, 0.1) is 11.3 Å². The summed E-state index contributed by atoms with van der Waals surface area (Å²) < 4.78 is 7.49. The summed E-state index contributed by atoms with van der Waals surface area (Å²) >= 11 is 0. The van der Waals surface area contributed by atoms with E-state index in [1.54, 1.807) is 38.1 Å². The number of allylic oxidation sites excluding steroid dienone is 5. The first-order chi connectivity index (χ1) is 15.4. The number of nitrogens with zero attached hydrogens (tertiary/aromatic N) is 3. The molecule has 2 heterocycles. The van der Waals surface area contributed by atoms with Crippen LogP contribution in [0.4, 0.5) is 0 Å². The van der Waals surface area contributed by atoms with E-state index in [1.807, 2.05) is 12.1 Å². The van der Waals surface area contributed by atoms with Crippen LogP contribution in [-0.2, 0) is 13.1 Å². The van der Waals surface area contributed by atoms with E-state index in [2.05, 4.69) is 0 Å². The summed E-state index contributed by atoms with van der Waals surface area (Å²) in [5.41, 5.74) is -1.02. The highest BCUT2D eigenvalue weighted by Gasteiger charge is 2.16. The largest absolute Gasteiger partial charge is 0.859 e. The van der Waals surface area contributed by atoms with Crippen molar-refractivity contribution < 1.29 is 14.3 Å². The molecule has 32 heavy (non-hydrogen) atoms. The molecule has 0 aliphatic rings. The Hall–Kier alpha value is -4.38. The van der Waals surface area contributed by atoms with E-state index in [0.29, 0.717) is 5.58 Å². The average Bonchev–Trinajstić information content (AvgIpc) is 3.23. The average molecular weight is 430 g/mol. The number of hydrogen-bond donors (Lipinski definition) is 0. The van der Waals surface area contributed by atoms with E-state index in [1.165, 1.54) is 30.4 Å². The van der Waals surface area contributed by atoms with E-state index in [4.69, 9.17) is 4.42 Å². The highest BCUT2D eigenvalue weighted by molar-refractivity contribution is 6.11. The van der Waals surface area contributed by atoms with Crippen LogP contribution in [0.25, 0.3) is 17.0 Å². The molecule has 0 spiro atoms. The minimum atomic E-state index is -0.662. The van der Waals surface area contributed by atoms with Crippen molar-refractivity contribution in [1.82, 2.24) is 9.13 Å². The number of aromatic nitrogens is 2. The van der Waals surface area contributed by atoms with Crippen LogP contribution in [0.3, 0.4) is 0 Å². The highest BCUT2D eigenvalue weighted by Crippen LogP contribution is 2.21. The minimum Gasteiger partial charge on any atom is -0.859 e. The first kappa shape index (κ1) is 22.3. The van der Waals surface area contributed by atoms with Gasteiger partial charge in [-0.1, -0.05) is 36.4 Å². The van der Waals surface area contributed by atoms with Crippen molar-refractivity contribution >= 4 is 22.8 Å². The summed E-state index contributed by atoms with van der Waals surface area (Å²) in [5.74, 6) is -1.16. The van der Waals surface area contributed by atoms with Gasteiger partial charge in [0, 0.05) is 24.0 Å². The zero-order chi connectivity index (χ0) is 23.3. The van der Waals surface area contributed by atoms with Crippen LogP contribution in [-0.4, -0.2) is 14.9 Å². The molecule has 0 atom stereocenters. The van der Waals surface area contributed by atoms with Crippen LogP contribution in [0.15, 0.2) is 74.2 Å². The molecule has 0 saturated heterocycles. The Labute approximate surface area is 183 Å². The Bertz CT molecular complexity index is 1390. The molecule has 0 fully saturated rings. The molecule has 0 radical (unpaired) electrons. The number of benzene rings is 1. The number of para-hydroxylation sites is 1. The zero-order valence-corrected chi connectivity index (χ0v) is 17.6. The number of Topliss-reactive ketones (excluding diaryl/α,β-unsaturated/α-hetero) is 1. The second kappa shape index (κ2) is 9.62. The molecule has 0 aliphatic heterocycles. The van der Waals surface area contributed by atoms with Gasteiger partial charge in [0.15, 0.2) is 5.76 Å². The molecule has 0 unspecified atom stereocenters. The Morgan fingerprint density at radius 1 is 1.12 bits per heavy atom. The third-order valence-electron chi connectivity index (χ3n) is 4.81. The van der Waals surface area contributed by atoms with Gasteiger partial charge >= 0.3 is 5.69 Å². The predicted molar refractivity (Wildman–Crippen MR) is 118 cm³/mol. The number of hydrogen-bond acceptors (Lipinski definition) is 6. The Morgan fingerprint density at radius 2 is 1.84 bits per heavy atom. The van der Waals surface area contributed by atoms with E-state index < -0.39 is 22.9 Å². The summed E-state index contributed by atoms with van der Waals surface area (Å²) in [6, 6.07) is 10.5. The molecule has 0 N–H and O–H groups in total. The lowest BCUT2D eigenvalue weighted by atomic mass is 10.1. The number of carbonyl (C=O) groups is 1. The van der Waals surface area contributed by atoms with E-state index in [0.717, 1.165) is 14.5 Å². The van der Waals surface area contributed by atoms with Gasteiger partial charge in [-0.2, -0.15) is 5.26 Å². The van der Waals surface area contributed by atoms with Gasteiger partial charge in [-0.05, 0) is 44.0 Å². The van der Waals surface area contributed by atoms with Gasteiger partial charge in [0.1, 0.15) is 17.2 Å². The Morgan fingerprint density at radius 3 is 2.50 bits per heavy atom. The van der Waals surface area contributed by atoms with Crippen LogP contribution in [0.2, 0.25) is 0 Å². The molecule has 0 amide bonds. The van der Waals surface area contributed by atoms with Crippen molar-refractivity contribution in [2.24, 2.45) is 0 Å². The molecule has 8 nitrogen and oxygen atoms in total. The van der Waals surface area contributed by atoms with Crippen LogP contribution < -0.4 is 16.4 Å². The van der Waals surface area contributed by atoms with Crippen molar-refractivity contribution in [2.45, 2.75) is 26.9 Å². The third-order valence-corrected chi connectivity index (χ3v) is 4.81. The minimum absolute atomic E-state index is 0.0564. The Balaban J connectivity index is 1.85. The van der Waals surface area contributed by atoms with Crippen molar-refractivity contribution in [3.63, 3.8) is 0 Å². The normalized spacial score (nSPS) is 12.1. The standard InChI is InChI=1S/C24H21N3O5/c1-3-26-22(29)18(23(30)27(4-2)24(26)31)12-7-5-6-11-17(15-25)21(28)20-14-16-10-8-9-13-19(16)32-20/h5-14,29H,3-4H2,1-2H3/p-1/b6-5+,12-7+,17-11+. The second-order valence-electron chi connectivity index (χ2n) is 6.71. The number of carbonyl (C=O) groups excluding carboxylic acids is 1. The van der Waals surface area contributed by atoms with Crippen LogP contribution in [0.5, 0.6) is 5.88 Å². The number of rotatable bonds is 7. The van der Waals surface area contributed by atoms with Gasteiger partial charge in [0.25, 0.3) is 5.56 Å². The summed E-state index contributed by atoms with van der Waals surface area (Å²) in [7, 11) is 0. The summed E-state index contributed by atoms with van der Waals surface area (Å²) in [4.78, 5) is 37.1. The zero-order valence-electron chi connectivity index (χ0n) is 17.6. The lowest BCUT2D eigenvalue weighted by Gasteiger charge is -2.19. The maximum atomic E-state index is 12.5. The summed E-state index contributed by atoms with van der Waals surface area (Å²) in [5, 5.41) is 22.5. The summed E-state index contributed by atoms with van der Waals surface area (Å²) in [6.45, 7) is 3.58. The monoisotopic (exact) mass is 430 g/mol. The topological polar surface area (TPSA) is 121 Å². The van der Waals surface area contributed by atoms with Crippen molar-refractivity contribution in [2.75, 3.05) is 0 Å². The molecular weight excluding hydrogens is 410 g/mol. The van der Waals surface area contributed by atoms with E-state index in [-0.39, 0.29) is 30.0 Å². The van der Waals surface area contributed by atoms with Crippen LogP contribution >= 0.6 is 0 Å². The van der Waals surface area contributed by atoms with Gasteiger partial charge in [-0.15, -0.1) is 0 Å². The van der Waals surface area contributed by atoms with Gasteiger partial charge in [-0.25, -0.2) is 4.79 Å². The van der Waals surface area contributed by atoms with Gasteiger partial charge in [0.2, 0.25) is 5.78 Å².